The van der Waals surface area contributed by atoms with E-state index in [9.17, 15) is 5.11 Å². The Bertz CT molecular complexity index is 388. The van der Waals surface area contributed by atoms with E-state index in [4.69, 9.17) is 4.42 Å². The van der Waals surface area contributed by atoms with Crippen LogP contribution in [0.25, 0.3) is 0 Å². The molecule has 2 nitrogen and oxygen atoms in total. The van der Waals surface area contributed by atoms with E-state index in [0.717, 1.165) is 21.6 Å². The first kappa shape index (κ1) is 9.49. The van der Waals surface area contributed by atoms with Crippen molar-refractivity contribution in [2.24, 2.45) is 0 Å². The van der Waals surface area contributed by atoms with Gasteiger partial charge in [-0.05, 0) is 36.4 Å². The maximum atomic E-state index is 10.1. The summed E-state index contributed by atoms with van der Waals surface area (Å²) in [5.41, 5.74) is 2.81. The minimum Gasteiger partial charge on any atom is -0.472 e. The molecule has 1 atom stereocenters. The standard InChI is InChI=1S/C11H12O2S/c1-7-5-13-6-10(7)11(12)9-3-4-14-8(9)2/h3-6,11-12H,1-2H3. The highest BCUT2D eigenvalue weighted by molar-refractivity contribution is 7.10. The third kappa shape index (κ3) is 1.49. The van der Waals surface area contributed by atoms with Crippen LogP contribution in [-0.4, -0.2) is 5.11 Å². The zero-order chi connectivity index (χ0) is 10.1. The predicted octanol–water partition coefficient (Wildman–Crippen LogP) is 3.04. The van der Waals surface area contributed by atoms with Crippen LogP contribution in [0.3, 0.4) is 0 Å². The van der Waals surface area contributed by atoms with Gasteiger partial charge in [-0.25, -0.2) is 0 Å². The Labute approximate surface area is 86.8 Å². The van der Waals surface area contributed by atoms with Gasteiger partial charge in [0, 0.05) is 10.4 Å². The number of aliphatic hydroxyl groups is 1. The number of rotatable bonds is 2. The van der Waals surface area contributed by atoms with Crippen molar-refractivity contribution >= 4 is 11.3 Å². The van der Waals surface area contributed by atoms with E-state index in [2.05, 4.69) is 0 Å². The fourth-order valence-electron chi connectivity index (χ4n) is 1.50. The van der Waals surface area contributed by atoms with E-state index >= 15 is 0 Å². The van der Waals surface area contributed by atoms with Crippen LogP contribution in [0.5, 0.6) is 0 Å². The Morgan fingerprint density at radius 3 is 2.57 bits per heavy atom. The zero-order valence-corrected chi connectivity index (χ0v) is 8.97. The molecule has 2 rings (SSSR count). The number of furan rings is 1. The van der Waals surface area contributed by atoms with E-state index in [1.807, 2.05) is 25.3 Å². The first-order chi connectivity index (χ1) is 6.70. The number of aliphatic hydroxyl groups excluding tert-OH is 1. The minimum absolute atomic E-state index is 0.556. The van der Waals surface area contributed by atoms with Crippen LogP contribution < -0.4 is 0 Å². The van der Waals surface area contributed by atoms with E-state index in [1.165, 1.54) is 0 Å². The van der Waals surface area contributed by atoms with Gasteiger partial charge in [-0.3, -0.25) is 0 Å². The van der Waals surface area contributed by atoms with Crippen LogP contribution in [0, 0.1) is 13.8 Å². The molecule has 0 radical (unpaired) electrons. The molecule has 0 fully saturated rings. The fourth-order valence-corrected chi connectivity index (χ4v) is 2.23. The molecule has 14 heavy (non-hydrogen) atoms. The Hall–Kier alpha value is -1.06. The summed E-state index contributed by atoms with van der Waals surface area (Å²) in [5.74, 6) is 0. The van der Waals surface area contributed by atoms with Crippen LogP contribution in [0.4, 0.5) is 0 Å². The second-order valence-electron chi connectivity index (χ2n) is 3.34. The topological polar surface area (TPSA) is 33.4 Å². The summed E-state index contributed by atoms with van der Waals surface area (Å²) in [6.07, 6.45) is 2.71. The van der Waals surface area contributed by atoms with Crippen molar-refractivity contribution in [3.05, 3.63) is 45.5 Å². The van der Waals surface area contributed by atoms with Crippen molar-refractivity contribution in [1.82, 2.24) is 0 Å². The minimum atomic E-state index is -0.556. The summed E-state index contributed by atoms with van der Waals surface area (Å²) in [6.45, 7) is 3.95. The average molecular weight is 208 g/mol. The number of hydrogen-bond acceptors (Lipinski definition) is 3. The molecule has 2 aromatic rings. The molecular weight excluding hydrogens is 196 g/mol. The molecule has 0 saturated heterocycles. The van der Waals surface area contributed by atoms with Crippen LogP contribution in [0.15, 0.2) is 28.4 Å². The highest BCUT2D eigenvalue weighted by Crippen LogP contribution is 2.29. The molecule has 0 bridgehead atoms. The Balaban J connectivity index is 2.38. The van der Waals surface area contributed by atoms with Gasteiger partial charge in [0.25, 0.3) is 0 Å². The molecule has 0 amide bonds. The maximum Gasteiger partial charge on any atom is 0.108 e. The SMILES string of the molecule is Cc1cocc1C(O)c1ccsc1C. The normalized spacial score (nSPS) is 13.1. The summed E-state index contributed by atoms with van der Waals surface area (Å²) in [4.78, 5) is 1.15. The summed E-state index contributed by atoms with van der Waals surface area (Å²) >= 11 is 1.65. The quantitative estimate of drug-likeness (QED) is 0.823. The van der Waals surface area contributed by atoms with Gasteiger partial charge in [0.1, 0.15) is 6.10 Å². The lowest BCUT2D eigenvalue weighted by Gasteiger charge is -2.08. The molecule has 1 N–H and O–H groups in total. The molecule has 2 aromatic heterocycles. The zero-order valence-electron chi connectivity index (χ0n) is 8.15. The summed E-state index contributed by atoms with van der Waals surface area (Å²) in [5, 5.41) is 12.1. The summed E-state index contributed by atoms with van der Waals surface area (Å²) in [6, 6.07) is 1.96. The predicted molar refractivity (Wildman–Crippen MR) is 56.6 cm³/mol. The van der Waals surface area contributed by atoms with Gasteiger partial charge in [0.2, 0.25) is 0 Å². The second kappa shape index (κ2) is 3.59. The highest BCUT2D eigenvalue weighted by Gasteiger charge is 2.16. The summed E-state index contributed by atoms with van der Waals surface area (Å²) < 4.78 is 5.05. The van der Waals surface area contributed by atoms with Crippen LogP contribution >= 0.6 is 11.3 Å². The largest absolute Gasteiger partial charge is 0.472 e. The third-order valence-corrected chi connectivity index (χ3v) is 3.24. The van der Waals surface area contributed by atoms with Crippen LogP contribution in [0.2, 0.25) is 0 Å². The molecule has 1 unspecified atom stereocenters. The van der Waals surface area contributed by atoms with Gasteiger partial charge in [0.15, 0.2) is 0 Å². The molecule has 0 aromatic carbocycles. The molecule has 0 aliphatic carbocycles. The molecule has 0 aliphatic rings. The maximum absolute atomic E-state index is 10.1. The summed E-state index contributed by atoms with van der Waals surface area (Å²) in [7, 11) is 0. The first-order valence-corrected chi connectivity index (χ1v) is 5.33. The van der Waals surface area contributed by atoms with E-state index < -0.39 is 6.10 Å². The van der Waals surface area contributed by atoms with Crippen molar-refractivity contribution in [3.8, 4) is 0 Å². The van der Waals surface area contributed by atoms with Gasteiger partial charge < -0.3 is 9.52 Å². The molecule has 3 heteroatoms. The first-order valence-electron chi connectivity index (χ1n) is 4.45. The molecule has 0 aliphatic heterocycles. The third-order valence-electron chi connectivity index (χ3n) is 2.38. The van der Waals surface area contributed by atoms with E-state index in [0.29, 0.717) is 0 Å². The van der Waals surface area contributed by atoms with Crippen molar-refractivity contribution in [1.29, 1.82) is 0 Å². The molecular formula is C11H12O2S. The van der Waals surface area contributed by atoms with E-state index in [1.54, 1.807) is 23.9 Å². The van der Waals surface area contributed by atoms with Gasteiger partial charge in [-0.1, -0.05) is 0 Å². The van der Waals surface area contributed by atoms with E-state index in [-0.39, 0.29) is 0 Å². The smallest absolute Gasteiger partial charge is 0.108 e. The van der Waals surface area contributed by atoms with Crippen LogP contribution in [0.1, 0.15) is 27.7 Å². The van der Waals surface area contributed by atoms with Crippen molar-refractivity contribution in [2.75, 3.05) is 0 Å². The average Bonchev–Trinajstić information content (AvgIpc) is 2.73. The number of thiophene rings is 1. The second-order valence-corrected chi connectivity index (χ2v) is 4.47. The molecule has 0 spiro atoms. The number of aryl methyl sites for hydroxylation is 2. The Morgan fingerprint density at radius 2 is 2.07 bits per heavy atom. The van der Waals surface area contributed by atoms with Gasteiger partial charge >= 0.3 is 0 Å². The van der Waals surface area contributed by atoms with Gasteiger partial charge in [0.05, 0.1) is 12.5 Å². The lowest BCUT2D eigenvalue weighted by molar-refractivity contribution is 0.218. The van der Waals surface area contributed by atoms with Crippen LogP contribution in [-0.2, 0) is 0 Å². The van der Waals surface area contributed by atoms with Crippen molar-refractivity contribution in [2.45, 2.75) is 20.0 Å². The lowest BCUT2D eigenvalue weighted by atomic mass is 10.0. The fraction of sp³-hybridized carbons (Fsp3) is 0.273. The van der Waals surface area contributed by atoms with Gasteiger partial charge in [-0.15, -0.1) is 11.3 Å². The van der Waals surface area contributed by atoms with Crippen molar-refractivity contribution in [3.63, 3.8) is 0 Å². The monoisotopic (exact) mass is 208 g/mol. The van der Waals surface area contributed by atoms with Crippen molar-refractivity contribution < 1.29 is 9.52 Å². The molecule has 0 saturated carbocycles. The Kier molecular flexibility index (Phi) is 2.44. The van der Waals surface area contributed by atoms with Gasteiger partial charge in [-0.2, -0.15) is 0 Å². The Morgan fingerprint density at radius 1 is 1.29 bits per heavy atom. The lowest BCUT2D eigenvalue weighted by Crippen LogP contribution is -1.99. The highest BCUT2D eigenvalue weighted by atomic mass is 32.1. The molecule has 74 valence electrons. The molecule has 2 heterocycles. The number of hydrogen-bond donors (Lipinski definition) is 1.